The number of aromatic hydroxyl groups is 1. The predicted molar refractivity (Wildman–Crippen MR) is 113 cm³/mol. The number of nitrogens with zero attached hydrogens (tertiary/aromatic N) is 3. The van der Waals surface area contributed by atoms with Crippen LogP contribution in [0.1, 0.15) is 22.3 Å². The SMILES string of the molecule is COc1cc2c(cc1O)-c1c/c(=N/c3c(C)cc(C)cc3C)n(C)c(=O)n1CC2. The molecule has 0 saturated carbocycles. The van der Waals surface area contributed by atoms with E-state index in [9.17, 15) is 9.90 Å². The fourth-order valence-corrected chi connectivity index (χ4v) is 4.14. The lowest BCUT2D eigenvalue weighted by atomic mass is 9.97. The molecular weight excluding hydrogens is 366 g/mol. The molecule has 3 aromatic rings. The lowest BCUT2D eigenvalue weighted by molar-refractivity contribution is 0.372. The Hall–Kier alpha value is -3.28. The molecule has 6 heteroatoms. The van der Waals surface area contributed by atoms with E-state index in [4.69, 9.17) is 9.73 Å². The quantitative estimate of drug-likeness (QED) is 0.729. The molecule has 6 nitrogen and oxygen atoms in total. The molecule has 0 spiro atoms. The highest BCUT2D eigenvalue weighted by molar-refractivity contribution is 5.69. The second-order valence-corrected chi connectivity index (χ2v) is 7.67. The van der Waals surface area contributed by atoms with Crippen molar-refractivity contribution >= 4 is 5.69 Å². The Kier molecular flexibility index (Phi) is 4.57. The third-order valence-corrected chi connectivity index (χ3v) is 5.57. The molecule has 0 saturated heterocycles. The van der Waals surface area contributed by atoms with Gasteiger partial charge in [0.15, 0.2) is 11.5 Å². The fourth-order valence-electron chi connectivity index (χ4n) is 4.14. The largest absolute Gasteiger partial charge is 0.504 e. The molecule has 2 heterocycles. The van der Waals surface area contributed by atoms with Crippen LogP contribution >= 0.6 is 0 Å². The van der Waals surface area contributed by atoms with Gasteiger partial charge < -0.3 is 9.84 Å². The third kappa shape index (κ3) is 3.14. The maximum atomic E-state index is 13.0. The van der Waals surface area contributed by atoms with Crippen LogP contribution in [0, 0.1) is 20.8 Å². The first-order chi connectivity index (χ1) is 13.8. The van der Waals surface area contributed by atoms with Crippen LogP contribution in [-0.4, -0.2) is 21.4 Å². The minimum atomic E-state index is -0.121. The van der Waals surface area contributed by atoms with Gasteiger partial charge in [-0.3, -0.25) is 9.13 Å². The second kappa shape index (κ2) is 6.95. The van der Waals surface area contributed by atoms with E-state index < -0.39 is 0 Å². The van der Waals surface area contributed by atoms with Gasteiger partial charge in [0, 0.05) is 25.2 Å². The van der Waals surface area contributed by atoms with Crippen LogP contribution in [0.5, 0.6) is 11.5 Å². The van der Waals surface area contributed by atoms with E-state index in [1.165, 1.54) is 12.7 Å². The van der Waals surface area contributed by atoms with Crippen LogP contribution in [0.3, 0.4) is 0 Å². The van der Waals surface area contributed by atoms with Crippen LogP contribution in [0.4, 0.5) is 5.69 Å². The molecule has 1 aliphatic rings. The Morgan fingerprint density at radius 3 is 2.41 bits per heavy atom. The predicted octanol–water partition coefficient (Wildman–Crippen LogP) is 3.28. The highest BCUT2D eigenvalue weighted by Gasteiger charge is 2.21. The molecular formula is C23H25N3O3. The minimum Gasteiger partial charge on any atom is -0.504 e. The maximum absolute atomic E-state index is 13.0. The number of hydrogen-bond donors (Lipinski definition) is 1. The summed E-state index contributed by atoms with van der Waals surface area (Å²) in [7, 11) is 3.28. The number of aromatic nitrogens is 2. The van der Waals surface area contributed by atoms with Crippen molar-refractivity contribution < 1.29 is 9.84 Å². The van der Waals surface area contributed by atoms with Gasteiger partial charge in [0.25, 0.3) is 0 Å². The molecule has 0 aliphatic carbocycles. The van der Waals surface area contributed by atoms with Gasteiger partial charge in [-0.25, -0.2) is 9.79 Å². The zero-order valence-corrected chi connectivity index (χ0v) is 17.4. The number of aryl methyl sites for hydroxylation is 4. The van der Waals surface area contributed by atoms with E-state index in [1.807, 2.05) is 26.0 Å². The van der Waals surface area contributed by atoms with Crippen molar-refractivity contribution in [3.8, 4) is 22.8 Å². The Balaban J connectivity index is 2.00. The molecule has 0 fully saturated rings. The first-order valence-corrected chi connectivity index (χ1v) is 9.64. The monoisotopic (exact) mass is 391 g/mol. The van der Waals surface area contributed by atoms with Gasteiger partial charge in [-0.15, -0.1) is 0 Å². The first-order valence-electron chi connectivity index (χ1n) is 9.64. The van der Waals surface area contributed by atoms with E-state index in [2.05, 4.69) is 19.1 Å². The number of phenols is 1. The van der Waals surface area contributed by atoms with Crippen LogP contribution in [-0.2, 0) is 20.0 Å². The van der Waals surface area contributed by atoms with E-state index >= 15 is 0 Å². The summed E-state index contributed by atoms with van der Waals surface area (Å²) in [5.41, 5.74) is 7.31. The number of methoxy groups -OCH3 is 1. The van der Waals surface area contributed by atoms with Crippen molar-refractivity contribution in [2.45, 2.75) is 33.7 Å². The fraction of sp³-hybridized carbons (Fsp3) is 0.304. The van der Waals surface area contributed by atoms with E-state index in [0.29, 0.717) is 24.2 Å². The van der Waals surface area contributed by atoms with Gasteiger partial charge in [0.05, 0.1) is 18.5 Å². The van der Waals surface area contributed by atoms with Crippen molar-refractivity contribution in [1.82, 2.24) is 9.13 Å². The first kappa shape index (κ1) is 19.1. The Labute approximate surface area is 169 Å². The molecule has 0 amide bonds. The summed E-state index contributed by atoms with van der Waals surface area (Å²) in [6.07, 6.45) is 0.700. The summed E-state index contributed by atoms with van der Waals surface area (Å²) in [5.74, 6) is 0.501. The molecule has 0 bridgehead atoms. The van der Waals surface area contributed by atoms with Crippen LogP contribution in [0.25, 0.3) is 11.3 Å². The van der Waals surface area contributed by atoms with Gasteiger partial charge in [0.2, 0.25) is 0 Å². The lowest BCUT2D eigenvalue weighted by Gasteiger charge is -2.23. The Bertz CT molecular complexity index is 1240. The molecule has 1 aliphatic heterocycles. The highest BCUT2D eigenvalue weighted by atomic mass is 16.5. The van der Waals surface area contributed by atoms with Crippen LogP contribution in [0.2, 0.25) is 0 Å². The molecule has 29 heavy (non-hydrogen) atoms. The van der Waals surface area contributed by atoms with Gasteiger partial charge in [-0.1, -0.05) is 17.7 Å². The number of benzene rings is 2. The van der Waals surface area contributed by atoms with Crippen molar-refractivity contribution in [3.63, 3.8) is 0 Å². The summed E-state index contributed by atoms with van der Waals surface area (Å²) < 4.78 is 8.56. The zero-order valence-electron chi connectivity index (χ0n) is 17.4. The third-order valence-electron chi connectivity index (χ3n) is 5.57. The summed E-state index contributed by atoms with van der Waals surface area (Å²) in [4.78, 5) is 17.9. The molecule has 1 N–H and O–H groups in total. The Morgan fingerprint density at radius 2 is 1.76 bits per heavy atom. The zero-order chi connectivity index (χ0) is 20.9. The molecule has 1 aromatic heterocycles. The van der Waals surface area contributed by atoms with Crippen LogP contribution in [0.15, 0.2) is 40.1 Å². The minimum absolute atomic E-state index is 0.0593. The molecule has 0 atom stereocenters. The summed E-state index contributed by atoms with van der Waals surface area (Å²) in [6, 6.07) is 9.62. The number of hydrogen-bond acceptors (Lipinski definition) is 4. The van der Waals surface area contributed by atoms with Crippen molar-refractivity contribution in [2.75, 3.05) is 7.11 Å². The van der Waals surface area contributed by atoms with E-state index in [-0.39, 0.29) is 11.4 Å². The normalized spacial score (nSPS) is 13.2. The molecule has 0 unspecified atom stereocenters. The highest BCUT2D eigenvalue weighted by Crippen LogP contribution is 2.36. The molecule has 2 aromatic carbocycles. The topological polar surface area (TPSA) is 68.8 Å². The lowest BCUT2D eigenvalue weighted by Crippen LogP contribution is -2.40. The number of phenolic OH excluding ortho intramolecular Hbond substituents is 1. The molecule has 4 rings (SSSR count). The average molecular weight is 391 g/mol. The van der Waals surface area contributed by atoms with Crippen molar-refractivity contribution in [2.24, 2.45) is 12.0 Å². The van der Waals surface area contributed by atoms with Gasteiger partial charge in [-0.05, 0) is 56.0 Å². The number of rotatable bonds is 2. The average Bonchev–Trinajstić information content (AvgIpc) is 2.67. The van der Waals surface area contributed by atoms with E-state index in [1.54, 1.807) is 22.2 Å². The van der Waals surface area contributed by atoms with Gasteiger partial charge in [-0.2, -0.15) is 0 Å². The van der Waals surface area contributed by atoms with Crippen molar-refractivity contribution in [3.05, 3.63) is 68.6 Å². The maximum Gasteiger partial charge on any atom is 0.329 e. The second-order valence-electron chi connectivity index (χ2n) is 7.67. The Morgan fingerprint density at radius 1 is 1.07 bits per heavy atom. The van der Waals surface area contributed by atoms with Gasteiger partial charge >= 0.3 is 5.69 Å². The van der Waals surface area contributed by atoms with Crippen molar-refractivity contribution in [1.29, 1.82) is 0 Å². The van der Waals surface area contributed by atoms with Gasteiger partial charge in [0.1, 0.15) is 5.49 Å². The standard InChI is InChI=1S/C23H25N3O3/c1-13-8-14(2)22(15(3)9-13)24-21-12-18-17-11-19(27)20(29-5)10-16(17)6-7-26(18)23(28)25(21)4/h8-12,27H,6-7H2,1-5H3/b24-21-. The summed E-state index contributed by atoms with van der Waals surface area (Å²) >= 11 is 0. The summed E-state index contributed by atoms with van der Waals surface area (Å²) in [5, 5.41) is 10.3. The van der Waals surface area contributed by atoms with E-state index in [0.717, 1.165) is 33.6 Å². The summed E-state index contributed by atoms with van der Waals surface area (Å²) in [6.45, 7) is 6.70. The number of ether oxygens (including phenoxy) is 1. The molecule has 0 radical (unpaired) electrons. The smallest absolute Gasteiger partial charge is 0.329 e. The molecule has 150 valence electrons. The van der Waals surface area contributed by atoms with Crippen LogP contribution < -0.4 is 15.9 Å². The number of fused-ring (bicyclic) bond motifs is 3.